The van der Waals surface area contributed by atoms with E-state index in [9.17, 15) is 4.79 Å². The van der Waals surface area contributed by atoms with Crippen LogP contribution in [-0.2, 0) is 11.8 Å². The Balaban J connectivity index is 2.18. The lowest BCUT2D eigenvalue weighted by Crippen LogP contribution is -2.11. The maximum atomic E-state index is 10.6. The predicted molar refractivity (Wildman–Crippen MR) is 65.2 cm³/mol. The van der Waals surface area contributed by atoms with Crippen molar-refractivity contribution in [3.8, 4) is 0 Å². The molecule has 0 saturated heterocycles. The number of nitrogens with two attached hydrogens (primary N) is 1. The van der Waals surface area contributed by atoms with Crippen molar-refractivity contribution >= 4 is 28.7 Å². The Hall–Kier alpha value is -1.49. The lowest BCUT2D eigenvalue weighted by molar-refractivity contribution is -0.117. The number of nitrogens with zero attached hydrogens (tertiary/aromatic N) is 2. The maximum absolute atomic E-state index is 10.6. The average Bonchev–Trinajstić information content (AvgIpc) is 2.56. The Labute approximate surface area is 97.8 Å². The van der Waals surface area contributed by atoms with Gasteiger partial charge in [0.15, 0.2) is 5.16 Å². The fraction of sp³-hybridized carbons (Fsp3) is 0.273. The minimum atomic E-state index is -0.272. The highest BCUT2D eigenvalue weighted by atomic mass is 32.2. The molecule has 2 rings (SSSR count). The monoisotopic (exact) mass is 235 g/mol. The zero-order valence-corrected chi connectivity index (χ0v) is 9.83. The van der Waals surface area contributed by atoms with Crippen molar-refractivity contribution in [1.29, 1.82) is 0 Å². The number of fused-ring (bicyclic) bond motifs is 1. The van der Waals surface area contributed by atoms with Gasteiger partial charge in [0.25, 0.3) is 0 Å². The van der Waals surface area contributed by atoms with E-state index in [1.54, 1.807) is 11.8 Å². The van der Waals surface area contributed by atoms with E-state index in [0.717, 1.165) is 16.2 Å². The molecule has 84 valence electrons. The molecule has 5 heteroatoms. The van der Waals surface area contributed by atoms with E-state index in [1.165, 1.54) is 0 Å². The SMILES string of the molecule is Cn1c(SCCC(N)=O)nc2ccccc21. The van der Waals surface area contributed by atoms with Gasteiger partial charge in [-0.3, -0.25) is 4.79 Å². The van der Waals surface area contributed by atoms with E-state index >= 15 is 0 Å². The van der Waals surface area contributed by atoms with E-state index in [0.29, 0.717) is 12.2 Å². The molecule has 0 bridgehead atoms. The van der Waals surface area contributed by atoms with Gasteiger partial charge in [-0.25, -0.2) is 4.98 Å². The number of rotatable bonds is 4. The van der Waals surface area contributed by atoms with Crippen molar-refractivity contribution in [3.63, 3.8) is 0 Å². The number of carbonyl (C=O) groups is 1. The summed E-state index contributed by atoms with van der Waals surface area (Å²) in [5, 5.41) is 0.919. The molecule has 4 nitrogen and oxygen atoms in total. The molecule has 0 aliphatic rings. The highest BCUT2D eigenvalue weighted by molar-refractivity contribution is 7.99. The van der Waals surface area contributed by atoms with Crippen molar-refractivity contribution in [1.82, 2.24) is 9.55 Å². The molecule has 0 aliphatic heterocycles. The van der Waals surface area contributed by atoms with Gasteiger partial charge >= 0.3 is 0 Å². The number of hydrogen-bond acceptors (Lipinski definition) is 3. The topological polar surface area (TPSA) is 60.9 Å². The Morgan fingerprint density at radius 2 is 2.25 bits per heavy atom. The van der Waals surface area contributed by atoms with E-state index in [-0.39, 0.29) is 5.91 Å². The number of imidazole rings is 1. The molecule has 0 unspecified atom stereocenters. The second kappa shape index (κ2) is 4.57. The van der Waals surface area contributed by atoms with Crippen LogP contribution in [0.1, 0.15) is 6.42 Å². The minimum absolute atomic E-state index is 0.272. The maximum Gasteiger partial charge on any atom is 0.218 e. The molecule has 0 radical (unpaired) electrons. The van der Waals surface area contributed by atoms with Crippen molar-refractivity contribution < 1.29 is 4.79 Å². The van der Waals surface area contributed by atoms with Crippen LogP contribution in [0.15, 0.2) is 29.4 Å². The molecule has 0 spiro atoms. The first kappa shape index (κ1) is 11.0. The third-order valence-corrected chi connectivity index (χ3v) is 3.36. The van der Waals surface area contributed by atoms with Crippen LogP contribution in [0.3, 0.4) is 0 Å². The quantitative estimate of drug-likeness (QED) is 0.818. The summed E-state index contributed by atoms with van der Waals surface area (Å²) in [5.74, 6) is 0.401. The first-order valence-corrected chi connectivity index (χ1v) is 5.99. The molecule has 2 N–H and O–H groups in total. The van der Waals surface area contributed by atoms with Gasteiger partial charge in [0, 0.05) is 19.2 Å². The van der Waals surface area contributed by atoms with Gasteiger partial charge < -0.3 is 10.3 Å². The average molecular weight is 235 g/mol. The van der Waals surface area contributed by atoms with E-state index in [2.05, 4.69) is 4.98 Å². The lowest BCUT2D eigenvalue weighted by Gasteiger charge is -2.00. The van der Waals surface area contributed by atoms with E-state index in [4.69, 9.17) is 5.73 Å². The molecule has 1 aromatic heterocycles. The zero-order chi connectivity index (χ0) is 11.5. The molecular formula is C11H13N3OS. The van der Waals surface area contributed by atoms with Crippen molar-refractivity contribution in [2.75, 3.05) is 5.75 Å². The van der Waals surface area contributed by atoms with Gasteiger partial charge in [0.2, 0.25) is 5.91 Å². The minimum Gasteiger partial charge on any atom is -0.370 e. The number of aromatic nitrogens is 2. The van der Waals surface area contributed by atoms with Crippen LogP contribution < -0.4 is 5.73 Å². The van der Waals surface area contributed by atoms with Crippen molar-refractivity contribution in [2.45, 2.75) is 11.6 Å². The molecule has 1 heterocycles. The number of carbonyl (C=O) groups excluding carboxylic acids is 1. The summed E-state index contributed by atoms with van der Waals surface area (Å²) in [5.41, 5.74) is 7.17. The number of hydrogen-bond donors (Lipinski definition) is 1. The van der Waals surface area contributed by atoms with Crippen molar-refractivity contribution in [3.05, 3.63) is 24.3 Å². The molecule has 0 fully saturated rings. The molecular weight excluding hydrogens is 222 g/mol. The number of benzene rings is 1. The van der Waals surface area contributed by atoms with Crippen LogP contribution >= 0.6 is 11.8 Å². The van der Waals surface area contributed by atoms with Gasteiger partial charge in [-0.05, 0) is 12.1 Å². The fourth-order valence-corrected chi connectivity index (χ4v) is 2.44. The summed E-state index contributed by atoms with van der Waals surface area (Å²) in [6.45, 7) is 0. The standard InChI is InChI=1S/C11H13N3OS/c1-14-9-5-3-2-4-8(9)13-11(14)16-7-6-10(12)15/h2-5H,6-7H2,1H3,(H2,12,15). The second-order valence-corrected chi connectivity index (χ2v) is 4.57. The van der Waals surface area contributed by atoms with Gasteiger partial charge in [0.1, 0.15) is 0 Å². The molecule has 0 saturated carbocycles. The first-order chi connectivity index (χ1) is 7.68. The summed E-state index contributed by atoms with van der Waals surface area (Å²) >= 11 is 1.55. The highest BCUT2D eigenvalue weighted by Crippen LogP contribution is 2.22. The van der Waals surface area contributed by atoms with Crippen LogP contribution in [-0.4, -0.2) is 21.2 Å². The molecule has 2 aromatic rings. The number of aryl methyl sites for hydroxylation is 1. The van der Waals surface area contributed by atoms with Crippen LogP contribution in [0, 0.1) is 0 Å². The number of amides is 1. The summed E-state index contributed by atoms with van der Waals surface area (Å²) in [6, 6.07) is 7.96. The Morgan fingerprint density at radius 1 is 1.50 bits per heavy atom. The Kier molecular flexibility index (Phi) is 3.14. The zero-order valence-electron chi connectivity index (χ0n) is 9.01. The smallest absolute Gasteiger partial charge is 0.218 e. The largest absolute Gasteiger partial charge is 0.370 e. The molecule has 0 aliphatic carbocycles. The number of thioether (sulfide) groups is 1. The summed E-state index contributed by atoms with van der Waals surface area (Å²) in [7, 11) is 1.97. The van der Waals surface area contributed by atoms with Crippen LogP contribution in [0.2, 0.25) is 0 Å². The van der Waals surface area contributed by atoms with E-state index in [1.807, 2.05) is 35.9 Å². The number of primary amides is 1. The molecule has 0 atom stereocenters. The molecule has 1 aromatic carbocycles. The lowest BCUT2D eigenvalue weighted by atomic mass is 10.3. The van der Waals surface area contributed by atoms with Crippen LogP contribution in [0.4, 0.5) is 0 Å². The third kappa shape index (κ3) is 2.19. The molecule has 1 amide bonds. The van der Waals surface area contributed by atoms with Gasteiger partial charge in [0.05, 0.1) is 11.0 Å². The number of para-hydroxylation sites is 2. The Bertz CT molecular complexity index is 521. The van der Waals surface area contributed by atoms with Gasteiger partial charge in [-0.2, -0.15) is 0 Å². The molecule has 16 heavy (non-hydrogen) atoms. The second-order valence-electron chi connectivity index (χ2n) is 3.51. The van der Waals surface area contributed by atoms with Crippen LogP contribution in [0.5, 0.6) is 0 Å². The highest BCUT2D eigenvalue weighted by Gasteiger charge is 2.07. The normalized spacial score (nSPS) is 10.8. The van der Waals surface area contributed by atoms with Gasteiger partial charge in [-0.15, -0.1) is 0 Å². The fourth-order valence-electron chi connectivity index (χ4n) is 1.50. The van der Waals surface area contributed by atoms with Crippen molar-refractivity contribution in [2.24, 2.45) is 12.8 Å². The van der Waals surface area contributed by atoms with Gasteiger partial charge in [-0.1, -0.05) is 23.9 Å². The summed E-state index contributed by atoms with van der Waals surface area (Å²) in [6.07, 6.45) is 0.383. The van der Waals surface area contributed by atoms with E-state index < -0.39 is 0 Å². The third-order valence-electron chi connectivity index (χ3n) is 2.33. The summed E-state index contributed by atoms with van der Waals surface area (Å²) in [4.78, 5) is 15.1. The van der Waals surface area contributed by atoms with Crippen LogP contribution in [0.25, 0.3) is 11.0 Å². The first-order valence-electron chi connectivity index (χ1n) is 5.01. The predicted octanol–water partition coefficient (Wildman–Crippen LogP) is 1.54. The summed E-state index contributed by atoms with van der Waals surface area (Å²) < 4.78 is 2.03. The Morgan fingerprint density at radius 3 is 2.94 bits per heavy atom.